The number of halogens is 2. The summed E-state index contributed by atoms with van der Waals surface area (Å²) in [6.45, 7) is 1.93. The molecular formula is C16H19F2NO2. The standard InChI is InChI=1S/C16H19F2NO2/c1-16(10-20)9-3-6-14(16)19-15(21)8-7-11-12(17)4-2-5-13(11)18/h2,4-5,7-8,14,20H,3,6,9-10H2,1H3,(H,19,21)/b8-7+. The first-order valence-electron chi connectivity index (χ1n) is 7.00. The van der Waals surface area contributed by atoms with Gasteiger partial charge in [-0.25, -0.2) is 8.78 Å². The van der Waals surface area contributed by atoms with Gasteiger partial charge in [0.25, 0.3) is 0 Å². The first kappa shape index (κ1) is 15.6. The summed E-state index contributed by atoms with van der Waals surface area (Å²) in [7, 11) is 0. The van der Waals surface area contributed by atoms with Gasteiger partial charge in [-0.15, -0.1) is 0 Å². The second kappa shape index (κ2) is 6.35. The number of aliphatic hydroxyl groups excluding tert-OH is 1. The van der Waals surface area contributed by atoms with Crippen LogP contribution in [0.25, 0.3) is 6.08 Å². The van der Waals surface area contributed by atoms with Crippen LogP contribution in [0.4, 0.5) is 8.78 Å². The Bertz CT molecular complexity index is 539. The summed E-state index contributed by atoms with van der Waals surface area (Å²) in [5, 5.41) is 12.2. The molecule has 0 spiro atoms. The van der Waals surface area contributed by atoms with Gasteiger partial charge in [0.05, 0.1) is 6.61 Å². The molecule has 0 heterocycles. The minimum absolute atomic E-state index is 0.00357. The Morgan fingerprint density at radius 2 is 2.14 bits per heavy atom. The van der Waals surface area contributed by atoms with E-state index in [-0.39, 0.29) is 23.6 Å². The molecule has 1 aliphatic rings. The van der Waals surface area contributed by atoms with Crippen LogP contribution in [0.15, 0.2) is 24.3 Å². The van der Waals surface area contributed by atoms with Crippen molar-refractivity contribution in [1.29, 1.82) is 0 Å². The minimum atomic E-state index is -0.708. The van der Waals surface area contributed by atoms with E-state index in [4.69, 9.17) is 0 Å². The number of amides is 1. The molecule has 2 atom stereocenters. The maximum absolute atomic E-state index is 13.4. The lowest BCUT2D eigenvalue weighted by atomic mass is 9.86. The molecule has 5 heteroatoms. The summed E-state index contributed by atoms with van der Waals surface area (Å²) in [6, 6.07) is 3.43. The maximum atomic E-state index is 13.4. The van der Waals surface area contributed by atoms with Crippen LogP contribution in [0.2, 0.25) is 0 Å². The summed E-state index contributed by atoms with van der Waals surface area (Å²) < 4.78 is 26.9. The van der Waals surface area contributed by atoms with Gasteiger partial charge in [-0.3, -0.25) is 4.79 Å². The first-order valence-corrected chi connectivity index (χ1v) is 7.00. The monoisotopic (exact) mass is 295 g/mol. The number of carbonyl (C=O) groups is 1. The van der Waals surface area contributed by atoms with E-state index in [1.165, 1.54) is 6.07 Å². The molecule has 0 aromatic heterocycles. The lowest BCUT2D eigenvalue weighted by molar-refractivity contribution is -0.117. The summed E-state index contributed by atoms with van der Waals surface area (Å²) in [4.78, 5) is 11.9. The smallest absolute Gasteiger partial charge is 0.244 e. The van der Waals surface area contributed by atoms with Crippen molar-refractivity contribution in [2.75, 3.05) is 6.61 Å². The van der Waals surface area contributed by atoms with Crippen molar-refractivity contribution < 1.29 is 18.7 Å². The lowest BCUT2D eigenvalue weighted by Crippen LogP contribution is -2.44. The normalized spacial score (nSPS) is 25.4. The molecule has 2 unspecified atom stereocenters. The highest BCUT2D eigenvalue weighted by atomic mass is 19.1. The van der Waals surface area contributed by atoms with E-state index in [2.05, 4.69) is 5.32 Å². The van der Waals surface area contributed by atoms with Gasteiger partial charge < -0.3 is 10.4 Å². The van der Waals surface area contributed by atoms with Crippen LogP contribution in [-0.2, 0) is 4.79 Å². The summed E-state index contributed by atoms with van der Waals surface area (Å²) in [5.74, 6) is -1.83. The zero-order valence-electron chi connectivity index (χ0n) is 11.9. The molecule has 0 aliphatic heterocycles. The predicted molar refractivity (Wildman–Crippen MR) is 76.4 cm³/mol. The molecule has 0 bridgehead atoms. The van der Waals surface area contributed by atoms with Gasteiger partial charge >= 0.3 is 0 Å². The van der Waals surface area contributed by atoms with Crippen molar-refractivity contribution in [2.24, 2.45) is 5.41 Å². The molecule has 1 amide bonds. The third kappa shape index (κ3) is 3.47. The fourth-order valence-electron chi connectivity index (χ4n) is 2.72. The number of hydrogen-bond donors (Lipinski definition) is 2. The van der Waals surface area contributed by atoms with E-state index >= 15 is 0 Å². The molecule has 21 heavy (non-hydrogen) atoms. The van der Waals surface area contributed by atoms with Crippen LogP contribution in [0.5, 0.6) is 0 Å². The average molecular weight is 295 g/mol. The molecule has 114 valence electrons. The third-order valence-corrected chi connectivity index (χ3v) is 4.16. The van der Waals surface area contributed by atoms with E-state index in [9.17, 15) is 18.7 Å². The van der Waals surface area contributed by atoms with Crippen molar-refractivity contribution in [1.82, 2.24) is 5.32 Å². The maximum Gasteiger partial charge on any atom is 0.244 e. The highest BCUT2D eigenvalue weighted by Gasteiger charge is 2.38. The van der Waals surface area contributed by atoms with E-state index in [1.54, 1.807) is 0 Å². The second-order valence-electron chi connectivity index (χ2n) is 5.73. The highest BCUT2D eigenvalue weighted by Crippen LogP contribution is 2.37. The van der Waals surface area contributed by atoms with Crippen molar-refractivity contribution in [3.05, 3.63) is 41.5 Å². The minimum Gasteiger partial charge on any atom is -0.396 e. The molecule has 3 nitrogen and oxygen atoms in total. The molecule has 1 aliphatic carbocycles. The number of nitrogens with one attached hydrogen (secondary N) is 1. The molecule has 0 saturated heterocycles. The quantitative estimate of drug-likeness (QED) is 0.839. The van der Waals surface area contributed by atoms with Crippen molar-refractivity contribution in [3.63, 3.8) is 0 Å². The van der Waals surface area contributed by atoms with Gasteiger partial charge in [0.1, 0.15) is 11.6 Å². The summed E-state index contributed by atoms with van der Waals surface area (Å²) in [6.07, 6.45) is 4.83. The average Bonchev–Trinajstić information content (AvgIpc) is 2.80. The molecule has 1 aromatic carbocycles. The van der Waals surface area contributed by atoms with Crippen molar-refractivity contribution in [2.45, 2.75) is 32.2 Å². The molecular weight excluding hydrogens is 276 g/mol. The number of rotatable bonds is 4. The molecule has 1 saturated carbocycles. The van der Waals surface area contributed by atoms with E-state index in [0.717, 1.165) is 43.5 Å². The Morgan fingerprint density at radius 1 is 1.48 bits per heavy atom. The van der Waals surface area contributed by atoms with Crippen molar-refractivity contribution >= 4 is 12.0 Å². The number of hydrogen-bond acceptors (Lipinski definition) is 2. The second-order valence-corrected chi connectivity index (χ2v) is 5.73. The number of benzene rings is 1. The lowest BCUT2D eigenvalue weighted by Gasteiger charge is -2.29. The van der Waals surface area contributed by atoms with Crippen LogP contribution < -0.4 is 5.32 Å². The number of carbonyl (C=O) groups excluding carboxylic acids is 1. The van der Waals surface area contributed by atoms with Gasteiger partial charge in [0, 0.05) is 23.1 Å². The number of aliphatic hydroxyl groups is 1. The van der Waals surface area contributed by atoms with Gasteiger partial charge in [-0.1, -0.05) is 19.4 Å². The van der Waals surface area contributed by atoms with Crippen LogP contribution >= 0.6 is 0 Å². The SMILES string of the molecule is CC1(CO)CCCC1NC(=O)/C=C/c1c(F)cccc1F. The van der Waals surface area contributed by atoms with Gasteiger partial charge in [0.2, 0.25) is 5.91 Å². The fourth-order valence-corrected chi connectivity index (χ4v) is 2.72. The van der Waals surface area contributed by atoms with Gasteiger partial charge in [0.15, 0.2) is 0 Å². The fraction of sp³-hybridized carbons (Fsp3) is 0.438. The van der Waals surface area contributed by atoms with Crippen LogP contribution in [0, 0.1) is 17.0 Å². The highest BCUT2D eigenvalue weighted by molar-refractivity contribution is 5.92. The third-order valence-electron chi connectivity index (χ3n) is 4.16. The van der Waals surface area contributed by atoms with Crippen LogP contribution in [0.3, 0.4) is 0 Å². The van der Waals surface area contributed by atoms with Crippen LogP contribution in [-0.4, -0.2) is 23.7 Å². The Labute approximate surface area is 122 Å². The van der Waals surface area contributed by atoms with E-state index < -0.39 is 17.5 Å². The van der Waals surface area contributed by atoms with Gasteiger partial charge in [-0.2, -0.15) is 0 Å². The largest absolute Gasteiger partial charge is 0.396 e. The molecule has 2 N–H and O–H groups in total. The molecule has 1 aromatic rings. The Hall–Kier alpha value is -1.75. The zero-order chi connectivity index (χ0) is 15.5. The summed E-state index contributed by atoms with van der Waals surface area (Å²) in [5.41, 5.74) is -0.559. The molecule has 1 fully saturated rings. The zero-order valence-corrected chi connectivity index (χ0v) is 11.9. The van der Waals surface area contributed by atoms with E-state index in [0.29, 0.717) is 0 Å². The van der Waals surface area contributed by atoms with Crippen LogP contribution in [0.1, 0.15) is 31.7 Å². The topological polar surface area (TPSA) is 49.3 Å². The summed E-state index contributed by atoms with van der Waals surface area (Å²) >= 11 is 0. The predicted octanol–water partition coefficient (Wildman–Crippen LogP) is 2.65. The Kier molecular flexibility index (Phi) is 4.73. The first-order chi connectivity index (χ1) is 9.96. The Balaban J connectivity index is 2.04. The molecule has 2 rings (SSSR count). The van der Waals surface area contributed by atoms with E-state index in [1.807, 2.05) is 6.92 Å². The molecule has 0 radical (unpaired) electrons. The van der Waals surface area contributed by atoms with Crippen molar-refractivity contribution in [3.8, 4) is 0 Å². The van der Waals surface area contributed by atoms with Gasteiger partial charge in [-0.05, 0) is 31.1 Å². The Morgan fingerprint density at radius 3 is 2.76 bits per heavy atom.